The molecule has 8 nitrogen and oxygen atoms in total. The first-order valence-corrected chi connectivity index (χ1v) is 10.4. The molecule has 1 aliphatic rings. The van der Waals surface area contributed by atoms with Gasteiger partial charge in [0.25, 0.3) is 5.91 Å². The molecule has 1 aromatic heterocycles. The molecule has 0 radical (unpaired) electrons. The number of hydrogen-bond donors (Lipinski definition) is 3. The van der Waals surface area contributed by atoms with Crippen LogP contribution in [-0.2, 0) is 17.9 Å². The third-order valence-corrected chi connectivity index (χ3v) is 5.48. The molecule has 2 aromatic rings. The van der Waals surface area contributed by atoms with E-state index in [0.29, 0.717) is 25.1 Å². The molecule has 1 aliphatic heterocycles. The van der Waals surface area contributed by atoms with Crippen molar-refractivity contribution in [2.75, 3.05) is 6.54 Å². The average Bonchev–Trinajstić information content (AvgIpc) is 3.31. The third-order valence-electron chi connectivity index (χ3n) is 4.58. The Hall–Kier alpha value is -2.94. The van der Waals surface area contributed by atoms with Gasteiger partial charge in [-0.25, -0.2) is 9.78 Å². The Kier molecular flexibility index (Phi) is 6.82. The van der Waals surface area contributed by atoms with E-state index in [2.05, 4.69) is 20.9 Å². The zero-order chi connectivity index (χ0) is 20.8. The van der Waals surface area contributed by atoms with E-state index in [-0.39, 0.29) is 36.5 Å². The Morgan fingerprint density at radius 3 is 2.66 bits per heavy atom. The number of hydrogen-bond acceptors (Lipinski definition) is 5. The van der Waals surface area contributed by atoms with Crippen molar-refractivity contribution in [1.29, 1.82) is 0 Å². The van der Waals surface area contributed by atoms with Crippen LogP contribution in [0.15, 0.2) is 35.7 Å². The zero-order valence-corrected chi connectivity index (χ0v) is 17.3. The van der Waals surface area contributed by atoms with Crippen LogP contribution in [0.2, 0.25) is 0 Å². The summed E-state index contributed by atoms with van der Waals surface area (Å²) in [6.07, 6.45) is 0.327. The van der Waals surface area contributed by atoms with Gasteiger partial charge in [0.1, 0.15) is 5.01 Å². The number of urea groups is 1. The molecule has 1 unspecified atom stereocenters. The molecule has 29 heavy (non-hydrogen) atoms. The van der Waals surface area contributed by atoms with Gasteiger partial charge in [0.15, 0.2) is 0 Å². The maximum atomic E-state index is 12.1. The molecule has 4 amide bonds. The fraction of sp³-hybridized carbons (Fsp3) is 0.400. The Bertz CT molecular complexity index is 868. The minimum absolute atomic E-state index is 0.0620. The smallest absolute Gasteiger partial charge is 0.315 e. The zero-order valence-electron chi connectivity index (χ0n) is 16.5. The molecule has 9 heteroatoms. The van der Waals surface area contributed by atoms with Crippen molar-refractivity contribution in [1.82, 2.24) is 25.8 Å². The number of carbonyl (C=O) groups is 3. The molecule has 1 saturated heterocycles. The van der Waals surface area contributed by atoms with E-state index in [1.807, 2.05) is 37.4 Å². The van der Waals surface area contributed by atoms with Crippen LogP contribution in [0.3, 0.4) is 0 Å². The number of carbonyl (C=O) groups excluding carboxylic acids is 3. The van der Waals surface area contributed by atoms with Gasteiger partial charge in [-0.05, 0) is 26.0 Å². The molecule has 0 saturated carbocycles. The number of rotatable bonds is 7. The molecule has 2 heterocycles. The predicted molar refractivity (Wildman–Crippen MR) is 110 cm³/mol. The lowest BCUT2D eigenvalue weighted by molar-refractivity contribution is -0.129. The van der Waals surface area contributed by atoms with Crippen LogP contribution in [0.5, 0.6) is 0 Å². The van der Waals surface area contributed by atoms with Gasteiger partial charge in [-0.2, -0.15) is 0 Å². The number of amides is 4. The maximum absolute atomic E-state index is 12.1. The number of nitrogens with zero attached hydrogens (tertiary/aromatic N) is 2. The van der Waals surface area contributed by atoms with Gasteiger partial charge in [-0.15, -0.1) is 11.3 Å². The van der Waals surface area contributed by atoms with Gasteiger partial charge < -0.3 is 20.9 Å². The molecule has 0 aliphatic carbocycles. The largest absolute Gasteiger partial charge is 0.346 e. The van der Waals surface area contributed by atoms with Crippen LogP contribution in [-0.4, -0.2) is 46.4 Å². The molecule has 3 N–H and O–H groups in total. The second-order valence-electron chi connectivity index (χ2n) is 7.15. The summed E-state index contributed by atoms with van der Waals surface area (Å²) in [5.41, 5.74) is 1.32. The van der Waals surface area contributed by atoms with Crippen molar-refractivity contribution in [3.05, 3.63) is 52.0 Å². The van der Waals surface area contributed by atoms with Crippen molar-refractivity contribution in [3.8, 4) is 0 Å². The summed E-state index contributed by atoms with van der Waals surface area (Å²) in [4.78, 5) is 42.3. The summed E-state index contributed by atoms with van der Waals surface area (Å²) in [7, 11) is 0. The molecule has 1 aromatic carbocycles. The van der Waals surface area contributed by atoms with Crippen molar-refractivity contribution < 1.29 is 14.4 Å². The van der Waals surface area contributed by atoms with Gasteiger partial charge in [0.05, 0.1) is 24.8 Å². The van der Waals surface area contributed by atoms with Gasteiger partial charge in [0, 0.05) is 30.0 Å². The summed E-state index contributed by atoms with van der Waals surface area (Å²) in [5.74, 6) is -0.0894. The van der Waals surface area contributed by atoms with Crippen molar-refractivity contribution in [2.45, 2.75) is 45.4 Å². The molecular formula is C20H25N5O3S. The SMILES string of the molecule is CC(C)N1CC(NC(=O)NCc2csc(CNC(=O)c3ccccc3)n2)CC1=O. The summed E-state index contributed by atoms with van der Waals surface area (Å²) >= 11 is 1.43. The van der Waals surface area contributed by atoms with E-state index in [4.69, 9.17) is 0 Å². The van der Waals surface area contributed by atoms with Crippen LogP contribution in [0, 0.1) is 0 Å². The highest BCUT2D eigenvalue weighted by Gasteiger charge is 2.31. The number of nitrogens with one attached hydrogen (secondary N) is 3. The van der Waals surface area contributed by atoms with E-state index in [1.54, 1.807) is 17.0 Å². The fourth-order valence-corrected chi connectivity index (χ4v) is 3.83. The van der Waals surface area contributed by atoms with Crippen LogP contribution in [0.1, 0.15) is 41.3 Å². The first kappa shape index (κ1) is 20.8. The van der Waals surface area contributed by atoms with Crippen molar-refractivity contribution in [2.24, 2.45) is 0 Å². The first-order chi connectivity index (χ1) is 13.9. The van der Waals surface area contributed by atoms with Gasteiger partial charge in [-0.3, -0.25) is 9.59 Å². The normalized spacial score (nSPS) is 16.2. The molecular weight excluding hydrogens is 390 g/mol. The lowest BCUT2D eigenvalue weighted by Crippen LogP contribution is -2.43. The van der Waals surface area contributed by atoms with Gasteiger partial charge in [-0.1, -0.05) is 18.2 Å². The molecule has 3 rings (SSSR count). The van der Waals surface area contributed by atoms with E-state index in [1.165, 1.54) is 11.3 Å². The highest BCUT2D eigenvalue weighted by molar-refractivity contribution is 7.09. The Morgan fingerprint density at radius 2 is 1.97 bits per heavy atom. The topological polar surface area (TPSA) is 103 Å². The highest BCUT2D eigenvalue weighted by atomic mass is 32.1. The molecule has 0 bridgehead atoms. The van der Waals surface area contributed by atoms with Crippen LogP contribution >= 0.6 is 11.3 Å². The van der Waals surface area contributed by atoms with Gasteiger partial charge in [0.2, 0.25) is 5.91 Å². The highest BCUT2D eigenvalue weighted by Crippen LogP contribution is 2.14. The van der Waals surface area contributed by atoms with Crippen LogP contribution in [0.25, 0.3) is 0 Å². The monoisotopic (exact) mass is 415 g/mol. The first-order valence-electron chi connectivity index (χ1n) is 9.52. The summed E-state index contributed by atoms with van der Waals surface area (Å²) < 4.78 is 0. The maximum Gasteiger partial charge on any atom is 0.315 e. The summed E-state index contributed by atoms with van der Waals surface area (Å²) in [5, 5.41) is 11.0. The third kappa shape index (κ3) is 5.77. The van der Waals surface area contributed by atoms with E-state index < -0.39 is 0 Å². The summed E-state index contributed by atoms with van der Waals surface area (Å²) in [6, 6.07) is 8.63. The Morgan fingerprint density at radius 1 is 1.21 bits per heavy atom. The standard InChI is InChI=1S/C20H25N5O3S/c1-13(2)25-11-15(8-18(25)26)24-20(28)22-9-16-12-29-17(23-16)10-21-19(27)14-6-4-3-5-7-14/h3-7,12-13,15H,8-11H2,1-2H3,(H,21,27)(H2,22,24,28). The number of likely N-dealkylation sites (tertiary alicyclic amines) is 1. The Labute approximate surface area is 173 Å². The second kappa shape index (κ2) is 9.51. The molecule has 1 atom stereocenters. The van der Waals surface area contributed by atoms with Crippen LogP contribution < -0.4 is 16.0 Å². The summed E-state index contributed by atoms with van der Waals surface area (Å²) in [6.45, 7) is 5.07. The van der Waals surface area contributed by atoms with Crippen LogP contribution in [0.4, 0.5) is 4.79 Å². The minimum atomic E-state index is -0.319. The van der Waals surface area contributed by atoms with Gasteiger partial charge >= 0.3 is 6.03 Å². The minimum Gasteiger partial charge on any atom is -0.346 e. The molecule has 154 valence electrons. The average molecular weight is 416 g/mol. The number of thiazole rings is 1. The van der Waals surface area contributed by atoms with E-state index in [9.17, 15) is 14.4 Å². The molecule has 1 fully saturated rings. The van der Waals surface area contributed by atoms with Crippen molar-refractivity contribution >= 4 is 29.2 Å². The lowest BCUT2D eigenvalue weighted by atomic mass is 10.2. The van der Waals surface area contributed by atoms with E-state index >= 15 is 0 Å². The predicted octanol–water partition coefficient (Wildman–Crippen LogP) is 1.88. The second-order valence-corrected chi connectivity index (χ2v) is 8.09. The fourth-order valence-electron chi connectivity index (χ4n) is 3.09. The number of benzene rings is 1. The Balaban J connectivity index is 1.40. The quantitative estimate of drug-likeness (QED) is 0.642. The van der Waals surface area contributed by atoms with E-state index in [0.717, 1.165) is 10.7 Å². The lowest BCUT2D eigenvalue weighted by Gasteiger charge is -2.21. The van der Waals surface area contributed by atoms with Crippen molar-refractivity contribution in [3.63, 3.8) is 0 Å². The number of aromatic nitrogens is 1. The molecule has 0 spiro atoms.